The molecule has 0 unspecified atom stereocenters. The summed E-state index contributed by atoms with van der Waals surface area (Å²) >= 11 is 0. The normalized spacial score (nSPS) is 17.1. The number of carboxylic acids is 1. The van der Waals surface area contributed by atoms with Crippen LogP contribution in [0.3, 0.4) is 0 Å². The Morgan fingerprint density at radius 2 is 2.00 bits per heavy atom. The smallest absolute Gasteiger partial charge is 0.317 e. The third-order valence-corrected chi connectivity index (χ3v) is 3.22. The first-order valence-corrected chi connectivity index (χ1v) is 6.24. The molecule has 0 radical (unpaired) electrons. The Hall–Kier alpha value is -1.79. The van der Waals surface area contributed by atoms with Crippen molar-refractivity contribution in [3.8, 4) is 0 Å². The summed E-state index contributed by atoms with van der Waals surface area (Å²) in [6.45, 7) is 4.27. The second-order valence-corrected chi connectivity index (χ2v) is 5.44. The lowest BCUT2D eigenvalue weighted by atomic mass is 9.94. The van der Waals surface area contributed by atoms with Gasteiger partial charge in [0.1, 0.15) is 6.54 Å². The molecule has 1 fully saturated rings. The summed E-state index contributed by atoms with van der Waals surface area (Å²) < 4.78 is 0. The molecule has 7 heteroatoms. The minimum atomic E-state index is -1.03. The third kappa shape index (κ3) is 4.11. The number of urea groups is 1. The maximum absolute atomic E-state index is 11.9. The van der Waals surface area contributed by atoms with Crippen LogP contribution in [0.1, 0.15) is 20.3 Å². The quantitative estimate of drug-likeness (QED) is 0.754. The predicted octanol–water partition coefficient (Wildman–Crippen LogP) is -0.0291. The summed E-state index contributed by atoms with van der Waals surface area (Å²) in [7, 11) is 1.71. The first-order chi connectivity index (χ1) is 8.74. The van der Waals surface area contributed by atoms with E-state index in [-0.39, 0.29) is 19.0 Å². The van der Waals surface area contributed by atoms with Crippen molar-refractivity contribution in [1.82, 2.24) is 15.1 Å². The van der Waals surface area contributed by atoms with Crippen LogP contribution in [0.2, 0.25) is 0 Å². The molecule has 1 rings (SSSR count). The molecule has 2 N–H and O–H groups in total. The number of aliphatic carboxylic acids is 1. The van der Waals surface area contributed by atoms with Crippen molar-refractivity contribution in [1.29, 1.82) is 0 Å². The Balaban J connectivity index is 2.54. The fourth-order valence-corrected chi connectivity index (χ4v) is 1.64. The van der Waals surface area contributed by atoms with E-state index < -0.39 is 17.4 Å². The highest BCUT2D eigenvalue weighted by Crippen LogP contribution is 2.13. The van der Waals surface area contributed by atoms with Crippen LogP contribution in [0.4, 0.5) is 4.79 Å². The third-order valence-electron chi connectivity index (χ3n) is 3.22. The number of rotatable bonds is 3. The highest BCUT2D eigenvalue weighted by molar-refractivity contribution is 5.84. The summed E-state index contributed by atoms with van der Waals surface area (Å²) in [4.78, 5) is 37.5. The zero-order valence-electron chi connectivity index (χ0n) is 11.6. The summed E-state index contributed by atoms with van der Waals surface area (Å²) in [5.41, 5.74) is -1.03. The number of amides is 3. The van der Waals surface area contributed by atoms with Crippen LogP contribution in [-0.2, 0) is 9.59 Å². The standard InChI is InChI=1S/C12H21N3O4/c1-12(2,10(17)18)8-13-11(19)15-6-4-5-14(3)9(16)7-15/h4-8H2,1-3H3,(H,13,19)(H,17,18). The number of nitrogens with one attached hydrogen (secondary N) is 1. The Bertz CT molecular complexity index is 381. The number of carboxylic acid groups (broad SMARTS) is 1. The van der Waals surface area contributed by atoms with Crippen LogP contribution in [0.25, 0.3) is 0 Å². The van der Waals surface area contributed by atoms with E-state index in [2.05, 4.69) is 5.32 Å². The van der Waals surface area contributed by atoms with E-state index in [1.807, 2.05) is 0 Å². The zero-order chi connectivity index (χ0) is 14.6. The minimum Gasteiger partial charge on any atom is -0.481 e. The first kappa shape index (κ1) is 15.3. The predicted molar refractivity (Wildman–Crippen MR) is 68.6 cm³/mol. The van der Waals surface area contributed by atoms with Crippen LogP contribution in [0.5, 0.6) is 0 Å². The van der Waals surface area contributed by atoms with E-state index in [1.54, 1.807) is 11.9 Å². The number of hydrogen-bond acceptors (Lipinski definition) is 3. The van der Waals surface area contributed by atoms with Gasteiger partial charge in [0.2, 0.25) is 5.91 Å². The van der Waals surface area contributed by atoms with Crippen molar-refractivity contribution in [3.63, 3.8) is 0 Å². The molecular weight excluding hydrogens is 250 g/mol. The summed E-state index contributed by atoms with van der Waals surface area (Å²) in [6, 6.07) is -0.391. The van der Waals surface area contributed by atoms with Gasteiger partial charge in [0.25, 0.3) is 0 Å². The van der Waals surface area contributed by atoms with Gasteiger partial charge >= 0.3 is 12.0 Å². The van der Waals surface area contributed by atoms with Crippen molar-refractivity contribution < 1.29 is 19.5 Å². The highest BCUT2D eigenvalue weighted by Gasteiger charge is 2.29. The molecule has 1 aliphatic rings. The maximum atomic E-state index is 11.9. The van der Waals surface area contributed by atoms with E-state index in [9.17, 15) is 14.4 Å². The molecule has 0 spiro atoms. The first-order valence-electron chi connectivity index (χ1n) is 6.24. The van der Waals surface area contributed by atoms with E-state index >= 15 is 0 Å². The molecule has 0 aromatic heterocycles. The van der Waals surface area contributed by atoms with E-state index in [0.29, 0.717) is 13.1 Å². The van der Waals surface area contributed by atoms with Gasteiger partial charge in [-0.05, 0) is 20.3 Å². The molecule has 0 saturated carbocycles. The Kier molecular flexibility index (Phi) is 4.74. The Morgan fingerprint density at radius 3 is 2.58 bits per heavy atom. The molecule has 1 saturated heterocycles. The second kappa shape index (κ2) is 5.90. The van der Waals surface area contributed by atoms with Crippen LogP contribution < -0.4 is 5.32 Å². The van der Waals surface area contributed by atoms with Crippen LogP contribution in [0.15, 0.2) is 0 Å². The van der Waals surface area contributed by atoms with E-state index in [1.165, 1.54) is 18.7 Å². The SMILES string of the molecule is CN1CCCN(C(=O)NCC(C)(C)C(=O)O)CC1=O. The van der Waals surface area contributed by atoms with Crippen LogP contribution in [-0.4, -0.2) is 66.0 Å². The summed E-state index contributed by atoms with van der Waals surface area (Å²) in [5, 5.41) is 11.5. The monoisotopic (exact) mass is 271 g/mol. The van der Waals surface area contributed by atoms with Crippen molar-refractivity contribution in [2.75, 3.05) is 33.2 Å². The Labute approximate surface area is 112 Å². The fourth-order valence-electron chi connectivity index (χ4n) is 1.64. The molecule has 108 valence electrons. The molecule has 0 aromatic rings. The number of likely N-dealkylation sites (N-methyl/N-ethyl adjacent to an activating group) is 1. The average Bonchev–Trinajstić information content (AvgIpc) is 2.49. The van der Waals surface area contributed by atoms with Gasteiger partial charge in [0.05, 0.1) is 5.41 Å². The van der Waals surface area contributed by atoms with Crippen LogP contribution in [0, 0.1) is 5.41 Å². The zero-order valence-corrected chi connectivity index (χ0v) is 11.6. The lowest BCUT2D eigenvalue weighted by Gasteiger charge is -2.24. The van der Waals surface area contributed by atoms with Crippen molar-refractivity contribution >= 4 is 17.9 Å². The molecule has 1 aliphatic heterocycles. The van der Waals surface area contributed by atoms with Gasteiger partial charge in [-0.1, -0.05) is 0 Å². The van der Waals surface area contributed by atoms with E-state index in [4.69, 9.17) is 5.11 Å². The van der Waals surface area contributed by atoms with Gasteiger partial charge < -0.3 is 20.2 Å². The lowest BCUT2D eigenvalue weighted by Crippen LogP contribution is -2.47. The van der Waals surface area contributed by atoms with Gasteiger partial charge in [-0.3, -0.25) is 9.59 Å². The maximum Gasteiger partial charge on any atom is 0.317 e. The molecule has 7 nitrogen and oxygen atoms in total. The van der Waals surface area contributed by atoms with Crippen molar-refractivity contribution in [2.24, 2.45) is 5.41 Å². The molecule has 0 aromatic carbocycles. The van der Waals surface area contributed by atoms with E-state index in [0.717, 1.165) is 6.42 Å². The summed E-state index contributed by atoms with van der Waals surface area (Å²) in [6.07, 6.45) is 0.720. The number of carbonyl (C=O) groups excluding carboxylic acids is 2. The largest absolute Gasteiger partial charge is 0.481 e. The molecule has 19 heavy (non-hydrogen) atoms. The molecule has 1 heterocycles. The van der Waals surface area contributed by atoms with Crippen molar-refractivity contribution in [3.05, 3.63) is 0 Å². The van der Waals surface area contributed by atoms with Gasteiger partial charge in [0, 0.05) is 26.7 Å². The molecule has 0 bridgehead atoms. The highest BCUT2D eigenvalue weighted by atomic mass is 16.4. The van der Waals surface area contributed by atoms with Gasteiger partial charge in [-0.25, -0.2) is 4.79 Å². The lowest BCUT2D eigenvalue weighted by molar-refractivity contribution is -0.146. The van der Waals surface area contributed by atoms with Crippen molar-refractivity contribution in [2.45, 2.75) is 20.3 Å². The summed E-state index contributed by atoms with van der Waals surface area (Å²) in [5.74, 6) is -1.08. The number of nitrogens with zero attached hydrogens (tertiary/aromatic N) is 2. The number of carbonyl (C=O) groups is 3. The molecule has 0 aliphatic carbocycles. The van der Waals surface area contributed by atoms with Gasteiger partial charge in [-0.15, -0.1) is 0 Å². The van der Waals surface area contributed by atoms with Crippen LogP contribution >= 0.6 is 0 Å². The minimum absolute atomic E-state index is 0.0295. The Morgan fingerprint density at radius 1 is 1.37 bits per heavy atom. The van der Waals surface area contributed by atoms with Gasteiger partial charge in [0.15, 0.2) is 0 Å². The average molecular weight is 271 g/mol. The van der Waals surface area contributed by atoms with Gasteiger partial charge in [-0.2, -0.15) is 0 Å². The molecule has 0 atom stereocenters. The topological polar surface area (TPSA) is 89.9 Å². The second-order valence-electron chi connectivity index (χ2n) is 5.44. The molecule has 3 amide bonds. The fraction of sp³-hybridized carbons (Fsp3) is 0.750. The molecular formula is C12H21N3O4. The number of hydrogen-bond donors (Lipinski definition) is 2.